The van der Waals surface area contributed by atoms with E-state index in [0.29, 0.717) is 6.54 Å². The lowest BCUT2D eigenvalue weighted by molar-refractivity contribution is 0.408. The van der Waals surface area contributed by atoms with Gasteiger partial charge in [0, 0.05) is 31.1 Å². The van der Waals surface area contributed by atoms with Crippen LogP contribution in [0.5, 0.6) is 5.75 Å². The molecule has 0 aromatic heterocycles. The summed E-state index contributed by atoms with van der Waals surface area (Å²) in [6.45, 7) is 3.65. The van der Waals surface area contributed by atoms with Crippen LogP contribution in [0.4, 0.5) is 0 Å². The van der Waals surface area contributed by atoms with Gasteiger partial charge >= 0.3 is 0 Å². The fraction of sp³-hybridized carbons (Fsp3) is 0.381. The molecule has 2 aromatic rings. The first-order valence-electron chi connectivity index (χ1n) is 8.80. The quantitative estimate of drug-likeness (QED) is 0.385. The van der Waals surface area contributed by atoms with Crippen LogP contribution < -0.4 is 15.4 Å². The minimum atomic E-state index is 0. The minimum Gasteiger partial charge on any atom is -0.496 e. The van der Waals surface area contributed by atoms with Crippen molar-refractivity contribution in [2.24, 2.45) is 4.99 Å². The number of halogens is 1. The lowest BCUT2D eigenvalue weighted by Crippen LogP contribution is -2.40. The highest BCUT2D eigenvalue weighted by Crippen LogP contribution is 2.47. The molecular weight excluding hydrogens is 437 g/mol. The topological polar surface area (TPSA) is 45.7 Å². The zero-order valence-electron chi connectivity index (χ0n) is 15.7. The molecule has 4 nitrogen and oxygen atoms in total. The van der Waals surface area contributed by atoms with E-state index in [1.807, 2.05) is 7.05 Å². The van der Waals surface area contributed by atoms with E-state index >= 15 is 0 Å². The van der Waals surface area contributed by atoms with Crippen molar-refractivity contribution in [1.82, 2.24) is 10.6 Å². The number of nitrogens with one attached hydrogen (secondary N) is 2. The molecule has 0 unspecified atom stereocenters. The third-order valence-electron chi connectivity index (χ3n) is 4.95. The second-order valence-corrected chi connectivity index (χ2v) is 6.74. The molecule has 1 aliphatic carbocycles. The maximum absolute atomic E-state index is 5.47. The van der Waals surface area contributed by atoms with Crippen LogP contribution in [-0.2, 0) is 12.0 Å². The molecule has 2 aromatic carbocycles. The van der Waals surface area contributed by atoms with Crippen molar-refractivity contribution in [2.45, 2.75) is 31.7 Å². The smallest absolute Gasteiger partial charge is 0.191 e. The number of aliphatic imine (C=N–C) groups is 1. The van der Waals surface area contributed by atoms with Crippen LogP contribution in [-0.4, -0.2) is 26.7 Å². The molecule has 0 spiro atoms. The number of nitrogens with zero attached hydrogens (tertiary/aromatic N) is 1. The Kier molecular flexibility index (Phi) is 7.32. The van der Waals surface area contributed by atoms with Gasteiger partial charge in [-0.1, -0.05) is 42.5 Å². The summed E-state index contributed by atoms with van der Waals surface area (Å²) in [7, 11) is 3.52. The largest absolute Gasteiger partial charge is 0.496 e. The fourth-order valence-corrected chi connectivity index (χ4v) is 3.16. The van der Waals surface area contributed by atoms with E-state index in [1.165, 1.54) is 24.0 Å². The molecule has 26 heavy (non-hydrogen) atoms. The van der Waals surface area contributed by atoms with Gasteiger partial charge in [-0.3, -0.25) is 4.99 Å². The van der Waals surface area contributed by atoms with Crippen molar-refractivity contribution < 1.29 is 4.74 Å². The van der Waals surface area contributed by atoms with Crippen LogP contribution in [0.15, 0.2) is 53.5 Å². The molecule has 1 fully saturated rings. The second-order valence-electron chi connectivity index (χ2n) is 6.74. The number of hydrogen-bond acceptors (Lipinski definition) is 2. The second kappa shape index (κ2) is 9.26. The van der Waals surface area contributed by atoms with Crippen LogP contribution >= 0.6 is 24.0 Å². The van der Waals surface area contributed by atoms with Crippen LogP contribution in [0.3, 0.4) is 0 Å². The number of ether oxygens (including phenoxy) is 1. The average Bonchev–Trinajstić information content (AvgIpc) is 3.44. The van der Waals surface area contributed by atoms with E-state index in [2.05, 4.69) is 71.1 Å². The minimum absolute atomic E-state index is 0. The highest BCUT2D eigenvalue weighted by molar-refractivity contribution is 14.0. The van der Waals surface area contributed by atoms with Gasteiger partial charge in [0.05, 0.1) is 7.11 Å². The molecule has 0 radical (unpaired) electrons. The molecule has 0 bridgehead atoms. The van der Waals surface area contributed by atoms with E-state index in [1.54, 1.807) is 7.11 Å². The Balaban J connectivity index is 0.00000243. The maximum atomic E-state index is 5.47. The summed E-state index contributed by atoms with van der Waals surface area (Å²) in [5, 5.41) is 6.88. The number of guanidine groups is 1. The van der Waals surface area contributed by atoms with Crippen molar-refractivity contribution in [3.63, 3.8) is 0 Å². The summed E-state index contributed by atoms with van der Waals surface area (Å²) in [4.78, 5) is 4.35. The number of benzene rings is 2. The van der Waals surface area contributed by atoms with Crippen LogP contribution in [0.1, 0.15) is 29.5 Å². The Morgan fingerprint density at radius 1 is 1.12 bits per heavy atom. The monoisotopic (exact) mass is 465 g/mol. The van der Waals surface area contributed by atoms with Crippen LogP contribution in [0, 0.1) is 6.92 Å². The SMILES string of the molecule is CN=C(NCc1ccc(C)cc1OC)NCC1(c2ccccc2)CC1.I. The first-order chi connectivity index (χ1) is 12.2. The molecule has 3 rings (SSSR count). The molecule has 0 saturated heterocycles. The molecule has 140 valence electrons. The third-order valence-corrected chi connectivity index (χ3v) is 4.95. The molecule has 0 atom stereocenters. The summed E-state index contributed by atoms with van der Waals surface area (Å²) in [6.07, 6.45) is 2.46. The van der Waals surface area contributed by atoms with Gasteiger partial charge < -0.3 is 15.4 Å². The first kappa shape index (κ1) is 20.6. The van der Waals surface area contributed by atoms with Crippen molar-refractivity contribution in [3.8, 4) is 5.75 Å². The molecule has 2 N–H and O–H groups in total. The number of methoxy groups -OCH3 is 1. The Labute approximate surface area is 173 Å². The summed E-state index contributed by atoms with van der Waals surface area (Å²) in [5.74, 6) is 1.73. The van der Waals surface area contributed by atoms with Gasteiger partial charge in [-0.2, -0.15) is 0 Å². The summed E-state index contributed by atoms with van der Waals surface area (Å²) in [6, 6.07) is 17.0. The van der Waals surface area contributed by atoms with E-state index in [0.717, 1.165) is 23.8 Å². The van der Waals surface area contributed by atoms with Crippen molar-refractivity contribution in [3.05, 3.63) is 65.2 Å². The Bertz CT molecular complexity index is 742. The van der Waals surface area contributed by atoms with Crippen LogP contribution in [0.25, 0.3) is 0 Å². The van der Waals surface area contributed by atoms with Crippen LogP contribution in [0.2, 0.25) is 0 Å². The predicted octanol–water partition coefficient (Wildman–Crippen LogP) is 4.02. The molecular formula is C21H28IN3O. The predicted molar refractivity (Wildman–Crippen MR) is 119 cm³/mol. The molecule has 0 amide bonds. The average molecular weight is 465 g/mol. The molecule has 1 saturated carbocycles. The highest BCUT2D eigenvalue weighted by atomic mass is 127. The summed E-state index contributed by atoms with van der Waals surface area (Å²) >= 11 is 0. The van der Waals surface area contributed by atoms with Gasteiger partial charge in [0.15, 0.2) is 5.96 Å². The van der Waals surface area contributed by atoms with Gasteiger partial charge in [0.2, 0.25) is 0 Å². The highest BCUT2D eigenvalue weighted by Gasteiger charge is 2.43. The van der Waals surface area contributed by atoms with Gasteiger partial charge in [0.25, 0.3) is 0 Å². The van der Waals surface area contributed by atoms with Gasteiger partial charge in [-0.15, -0.1) is 24.0 Å². The summed E-state index contributed by atoms with van der Waals surface area (Å²) in [5.41, 5.74) is 4.00. The molecule has 5 heteroatoms. The Hall–Kier alpha value is -1.76. The zero-order valence-corrected chi connectivity index (χ0v) is 18.0. The van der Waals surface area contributed by atoms with Gasteiger partial charge in [-0.25, -0.2) is 0 Å². The van der Waals surface area contributed by atoms with Crippen molar-refractivity contribution >= 4 is 29.9 Å². The van der Waals surface area contributed by atoms with E-state index in [-0.39, 0.29) is 29.4 Å². The Morgan fingerprint density at radius 3 is 2.46 bits per heavy atom. The van der Waals surface area contributed by atoms with Crippen molar-refractivity contribution in [1.29, 1.82) is 0 Å². The Morgan fingerprint density at radius 2 is 1.85 bits per heavy atom. The third kappa shape index (κ3) is 4.90. The number of aryl methyl sites for hydroxylation is 1. The van der Waals surface area contributed by atoms with E-state index < -0.39 is 0 Å². The van der Waals surface area contributed by atoms with Gasteiger partial charge in [-0.05, 0) is 37.0 Å². The van der Waals surface area contributed by atoms with E-state index in [4.69, 9.17) is 4.74 Å². The maximum Gasteiger partial charge on any atom is 0.191 e. The zero-order chi connectivity index (χ0) is 17.7. The van der Waals surface area contributed by atoms with E-state index in [9.17, 15) is 0 Å². The standard InChI is InChI=1S/C21H27N3O.HI/c1-16-9-10-17(19(13-16)25-3)14-23-20(22-2)24-15-21(11-12-21)18-7-5-4-6-8-18;/h4-10,13H,11-12,14-15H2,1-3H3,(H2,22,23,24);1H. The van der Waals surface area contributed by atoms with Gasteiger partial charge in [0.1, 0.15) is 5.75 Å². The molecule has 0 heterocycles. The fourth-order valence-electron chi connectivity index (χ4n) is 3.16. The lowest BCUT2D eigenvalue weighted by atomic mass is 9.96. The van der Waals surface area contributed by atoms with Crippen molar-refractivity contribution in [2.75, 3.05) is 20.7 Å². The molecule has 1 aliphatic rings. The summed E-state index contributed by atoms with van der Waals surface area (Å²) < 4.78 is 5.47. The normalized spacial score (nSPS) is 15.0. The number of rotatable bonds is 6. The lowest BCUT2D eigenvalue weighted by Gasteiger charge is -2.19. The molecule has 0 aliphatic heterocycles. The first-order valence-corrected chi connectivity index (χ1v) is 8.80. The number of hydrogen-bond donors (Lipinski definition) is 2.